The van der Waals surface area contributed by atoms with Gasteiger partial charge in [-0.3, -0.25) is 4.79 Å². The van der Waals surface area contributed by atoms with E-state index in [0.29, 0.717) is 17.2 Å². The molecular formula is C19H20O6. The van der Waals surface area contributed by atoms with Gasteiger partial charge in [0.2, 0.25) is 0 Å². The second-order valence-electron chi connectivity index (χ2n) is 5.04. The zero-order chi connectivity index (χ0) is 18.4. The Hall–Kier alpha value is -3.15. The molecule has 0 fully saturated rings. The van der Waals surface area contributed by atoms with Crippen LogP contribution >= 0.6 is 0 Å². The Morgan fingerprint density at radius 3 is 2.16 bits per heavy atom. The maximum atomic E-state index is 12.5. The molecule has 2 aromatic carbocycles. The van der Waals surface area contributed by atoms with Crippen molar-refractivity contribution in [3.63, 3.8) is 0 Å². The number of methoxy groups -OCH3 is 4. The van der Waals surface area contributed by atoms with Crippen LogP contribution in [0.3, 0.4) is 0 Å². The lowest BCUT2D eigenvalue weighted by Gasteiger charge is -2.10. The standard InChI is InChI=1S/C19H20O6/c1-22-13-10-15(21)19(18(11-13)25-4)14(20)7-5-12-6-8-16(23-2)17(9-12)24-3/h5-11,21H,1-4H3/b7-5+. The summed E-state index contributed by atoms with van der Waals surface area (Å²) < 4.78 is 20.6. The minimum absolute atomic E-state index is 0.0695. The van der Waals surface area contributed by atoms with Gasteiger partial charge in [-0.05, 0) is 23.8 Å². The summed E-state index contributed by atoms with van der Waals surface area (Å²) in [7, 11) is 5.97. The Bertz CT molecular complexity index is 795. The lowest BCUT2D eigenvalue weighted by Crippen LogP contribution is -2.00. The van der Waals surface area contributed by atoms with Crippen LogP contribution in [0.1, 0.15) is 15.9 Å². The fourth-order valence-electron chi connectivity index (χ4n) is 2.31. The Morgan fingerprint density at radius 2 is 1.56 bits per heavy atom. The molecule has 2 aromatic rings. The molecule has 132 valence electrons. The largest absolute Gasteiger partial charge is 0.507 e. The molecule has 0 aliphatic rings. The molecule has 1 N–H and O–H groups in total. The SMILES string of the molecule is COc1cc(O)c(C(=O)/C=C/c2ccc(OC)c(OC)c2)c(OC)c1. The third-order valence-corrected chi connectivity index (χ3v) is 3.59. The quantitative estimate of drug-likeness (QED) is 0.613. The van der Waals surface area contributed by atoms with E-state index >= 15 is 0 Å². The predicted octanol–water partition coefficient (Wildman–Crippen LogP) is 3.32. The van der Waals surface area contributed by atoms with E-state index in [9.17, 15) is 9.90 Å². The van der Waals surface area contributed by atoms with E-state index in [4.69, 9.17) is 18.9 Å². The van der Waals surface area contributed by atoms with Crippen molar-refractivity contribution in [3.8, 4) is 28.7 Å². The first kappa shape index (κ1) is 18.2. The minimum Gasteiger partial charge on any atom is -0.507 e. The molecule has 0 atom stereocenters. The van der Waals surface area contributed by atoms with Crippen LogP contribution in [-0.4, -0.2) is 39.3 Å². The fourth-order valence-corrected chi connectivity index (χ4v) is 2.31. The highest BCUT2D eigenvalue weighted by molar-refractivity contribution is 6.10. The molecule has 0 radical (unpaired) electrons. The van der Waals surface area contributed by atoms with Crippen molar-refractivity contribution in [2.45, 2.75) is 0 Å². The molecule has 2 rings (SSSR count). The number of aromatic hydroxyl groups is 1. The number of hydrogen-bond donors (Lipinski definition) is 1. The number of benzene rings is 2. The Balaban J connectivity index is 2.32. The van der Waals surface area contributed by atoms with Gasteiger partial charge in [-0.15, -0.1) is 0 Å². The van der Waals surface area contributed by atoms with Gasteiger partial charge in [-0.2, -0.15) is 0 Å². The summed E-state index contributed by atoms with van der Waals surface area (Å²) in [6.45, 7) is 0. The van der Waals surface area contributed by atoms with E-state index in [0.717, 1.165) is 5.56 Å². The highest BCUT2D eigenvalue weighted by Crippen LogP contribution is 2.34. The van der Waals surface area contributed by atoms with Crippen LogP contribution < -0.4 is 18.9 Å². The van der Waals surface area contributed by atoms with Crippen LogP contribution in [-0.2, 0) is 0 Å². The number of rotatable bonds is 7. The van der Waals surface area contributed by atoms with Crippen LogP contribution in [0.25, 0.3) is 6.08 Å². The zero-order valence-corrected chi connectivity index (χ0v) is 14.5. The number of ketones is 1. The van der Waals surface area contributed by atoms with Gasteiger partial charge < -0.3 is 24.1 Å². The minimum atomic E-state index is -0.396. The van der Waals surface area contributed by atoms with Crippen LogP contribution in [0.15, 0.2) is 36.4 Å². The summed E-state index contributed by atoms with van der Waals surface area (Å²) in [4.78, 5) is 12.5. The van der Waals surface area contributed by atoms with Crippen LogP contribution in [0.4, 0.5) is 0 Å². The Labute approximate surface area is 146 Å². The van der Waals surface area contributed by atoms with Crippen LogP contribution in [0, 0.1) is 0 Å². The average molecular weight is 344 g/mol. The van der Waals surface area contributed by atoms with Gasteiger partial charge in [-0.25, -0.2) is 0 Å². The lowest BCUT2D eigenvalue weighted by molar-refractivity contribution is 0.104. The number of hydrogen-bond acceptors (Lipinski definition) is 6. The molecule has 6 heteroatoms. The topological polar surface area (TPSA) is 74.2 Å². The van der Waals surface area contributed by atoms with Crippen molar-refractivity contribution >= 4 is 11.9 Å². The molecule has 0 spiro atoms. The molecule has 0 unspecified atom stereocenters. The summed E-state index contributed by atoms with van der Waals surface area (Å²) in [5.74, 6) is 1.18. The fraction of sp³-hybridized carbons (Fsp3) is 0.211. The van der Waals surface area contributed by atoms with Crippen LogP contribution in [0.5, 0.6) is 28.7 Å². The molecule has 0 aliphatic heterocycles. The molecule has 0 saturated carbocycles. The zero-order valence-electron chi connectivity index (χ0n) is 14.5. The van der Waals surface area contributed by atoms with Gasteiger partial charge >= 0.3 is 0 Å². The molecule has 0 aliphatic carbocycles. The smallest absolute Gasteiger partial charge is 0.193 e. The van der Waals surface area contributed by atoms with Crippen molar-refractivity contribution in [1.29, 1.82) is 0 Å². The number of phenols is 1. The molecule has 25 heavy (non-hydrogen) atoms. The third kappa shape index (κ3) is 4.03. The van der Waals surface area contributed by atoms with Crippen molar-refractivity contribution in [1.82, 2.24) is 0 Å². The molecule has 0 saturated heterocycles. The van der Waals surface area contributed by atoms with E-state index in [1.54, 1.807) is 31.4 Å². The van der Waals surface area contributed by atoms with Crippen molar-refractivity contribution in [2.75, 3.05) is 28.4 Å². The first-order valence-corrected chi connectivity index (χ1v) is 7.43. The molecule has 0 heterocycles. The van der Waals surface area contributed by atoms with Crippen LogP contribution in [0.2, 0.25) is 0 Å². The highest BCUT2D eigenvalue weighted by Gasteiger charge is 2.17. The van der Waals surface area contributed by atoms with E-state index in [2.05, 4.69) is 0 Å². The van der Waals surface area contributed by atoms with Gasteiger partial charge in [0, 0.05) is 12.1 Å². The number of carbonyl (C=O) groups excluding carboxylic acids is 1. The second kappa shape index (κ2) is 8.10. The van der Waals surface area contributed by atoms with Gasteiger partial charge in [0.1, 0.15) is 22.8 Å². The predicted molar refractivity (Wildman–Crippen MR) is 94.1 cm³/mol. The molecule has 0 amide bonds. The first-order valence-electron chi connectivity index (χ1n) is 7.43. The van der Waals surface area contributed by atoms with Gasteiger partial charge in [0.05, 0.1) is 28.4 Å². The maximum absolute atomic E-state index is 12.5. The lowest BCUT2D eigenvalue weighted by atomic mass is 10.1. The monoisotopic (exact) mass is 344 g/mol. The van der Waals surface area contributed by atoms with Crippen molar-refractivity contribution in [3.05, 3.63) is 47.5 Å². The number of carbonyl (C=O) groups is 1. The van der Waals surface area contributed by atoms with Gasteiger partial charge in [0.25, 0.3) is 0 Å². The normalized spacial score (nSPS) is 10.6. The summed E-state index contributed by atoms with van der Waals surface area (Å²) >= 11 is 0. The maximum Gasteiger partial charge on any atom is 0.193 e. The average Bonchev–Trinajstić information content (AvgIpc) is 2.64. The van der Waals surface area contributed by atoms with E-state index in [-0.39, 0.29) is 17.1 Å². The molecular weight excluding hydrogens is 324 g/mol. The van der Waals surface area contributed by atoms with Crippen molar-refractivity contribution in [2.24, 2.45) is 0 Å². The summed E-state index contributed by atoms with van der Waals surface area (Å²) in [6, 6.07) is 8.18. The van der Waals surface area contributed by atoms with E-state index in [1.807, 2.05) is 0 Å². The third-order valence-electron chi connectivity index (χ3n) is 3.59. The van der Waals surface area contributed by atoms with E-state index in [1.165, 1.54) is 39.5 Å². The number of allylic oxidation sites excluding steroid dienone is 1. The summed E-state index contributed by atoms with van der Waals surface area (Å²) in [6.07, 6.45) is 2.97. The molecule has 6 nitrogen and oxygen atoms in total. The highest BCUT2D eigenvalue weighted by atomic mass is 16.5. The Kier molecular flexibility index (Phi) is 5.89. The molecule has 0 aromatic heterocycles. The second-order valence-corrected chi connectivity index (χ2v) is 5.04. The number of phenolic OH excluding ortho intramolecular Hbond substituents is 1. The summed E-state index contributed by atoms with van der Waals surface area (Å²) in [5.41, 5.74) is 0.818. The van der Waals surface area contributed by atoms with Gasteiger partial charge in [0.15, 0.2) is 17.3 Å². The summed E-state index contributed by atoms with van der Waals surface area (Å²) in [5, 5.41) is 10.1. The van der Waals surface area contributed by atoms with Crippen molar-refractivity contribution < 1.29 is 28.8 Å². The van der Waals surface area contributed by atoms with Gasteiger partial charge in [-0.1, -0.05) is 12.1 Å². The molecule has 0 bridgehead atoms. The van der Waals surface area contributed by atoms with E-state index < -0.39 is 5.78 Å². The first-order chi connectivity index (χ1) is 12.0. The number of ether oxygens (including phenoxy) is 4. The Morgan fingerprint density at radius 1 is 0.880 bits per heavy atom.